The molecule has 0 saturated carbocycles. The zero-order chi connectivity index (χ0) is 12.3. The van der Waals surface area contributed by atoms with Gasteiger partial charge in [-0.25, -0.2) is 9.97 Å². The van der Waals surface area contributed by atoms with E-state index in [9.17, 15) is 4.79 Å². The number of aryl methyl sites for hydroxylation is 1. The molecule has 4 heteroatoms. The number of rotatable bonds is 3. The van der Waals surface area contributed by atoms with E-state index in [2.05, 4.69) is 9.97 Å². The third-order valence-corrected chi connectivity index (χ3v) is 2.46. The van der Waals surface area contributed by atoms with E-state index in [4.69, 9.17) is 4.74 Å². The molecule has 4 nitrogen and oxygen atoms in total. The Morgan fingerprint density at radius 2 is 1.94 bits per heavy atom. The van der Waals surface area contributed by atoms with E-state index in [1.807, 2.05) is 25.1 Å². The molecule has 0 N–H and O–H groups in total. The summed E-state index contributed by atoms with van der Waals surface area (Å²) in [6.07, 6.45) is 3.74. The summed E-state index contributed by atoms with van der Waals surface area (Å²) < 4.78 is 5.19. The fraction of sp³-hybridized carbons (Fsp3) is 0.154. The van der Waals surface area contributed by atoms with Gasteiger partial charge in [-0.2, -0.15) is 0 Å². The van der Waals surface area contributed by atoms with E-state index in [1.165, 1.54) is 12.4 Å². The van der Waals surface area contributed by atoms with Gasteiger partial charge in [0.15, 0.2) is 12.1 Å². The SMILES string of the molecule is COc1ccc(-c2ncc(C=O)cn2)cc1C. The Morgan fingerprint density at radius 1 is 1.24 bits per heavy atom. The lowest BCUT2D eigenvalue weighted by Gasteiger charge is -2.06. The maximum absolute atomic E-state index is 10.5. The van der Waals surface area contributed by atoms with Crippen LogP contribution in [0.1, 0.15) is 15.9 Å². The first-order valence-electron chi connectivity index (χ1n) is 5.17. The van der Waals surface area contributed by atoms with Crippen molar-refractivity contribution in [1.29, 1.82) is 0 Å². The second kappa shape index (κ2) is 4.74. The quantitative estimate of drug-likeness (QED) is 0.756. The van der Waals surface area contributed by atoms with Gasteiger partial charge in [0.05, 0.1) is 12.7 Å². The van der Waals surface area contributed by atoms with Gasteiger partial charge in [-0.1, -0.05) is 0 Å². The molecule has 0 radical (unpaired) electrons. The summed E-state index contributed by atoms with van der Waals surface area (Å²) in [6, 6.07) is 5.72. The van der Waals surface area contributed by atoms with Crippen molar-refractivity contribution in [2.75, 3.05) is 7.11 Å². The third-order valence-electron chi connectivity index (χ3n) is 2.46. The Balaban J connectivity index is 2.38. The average Bonchev–Trinajstić information content (AvgIpc) is 2.39. The Labute approximate surface area is 99.3 Å². The number of aldehydes is 1. The molecule has 0 aliphatic carbocycles. The summed E-state index contributed by atoms with van der Waals surface area (Å²) in [5.74, 6) is 1.43. The number of hydrogen-bond donors (Lipinski definition) is 0. The second-order valence-corrected chi connectivity index (χ2v) is 3.64. The van der Waals surface area contributed by atoms with Crippen molar-refractivity contribution in [3.63, 3.8) is 0 Å². The van der Waals surface area contributed by atoms with Crippen molar-refractivity contribution < 1.29 is 9.53 Å². The van der Waals surface area contributed by atoms with Crippen LogP contribution < -0.4 is 4.74 Å². The maximum Gasteiger partial charge on any atom is 0.159 e. The summed E-state index contributed by atoms with van der Waals surface area (Å²) in [4.78, 5) is 18.8. The van der Waals surface area contributed by atoms with E-state index in [0.717, 1.165) is 23.2 Å². The number of aromatic nitrogens is 2. The van der Waals surface area contributed by atoms with Gasteiger partial charge in [-0.15, -0.1) is 0 Å². The number of nitrogens with zero attached hydrogens (tertiary/aromatic N) is 2. The zero-order valence-electron chi connectivity index (χ0n) is 9.68. The van der Waals surface area contributed by atoms with Gasteiger partial charge >= 0.3 is 0 Å². The average molecular weight is 228 g/mol. The number of hydrogen-bond acceptors (Lipinski definition) is 4. The molecule has 2 aromatic rings. The molecule has 0 spiro atoms. The second-order valence-electron chi connectivity index (χ2n) is 3.64. The van der Waals surface area contributed by atoms with Gasteiger partial charge in [0.25, 0.3) is 0 Å². The number of benzene rings is 1. The van der Waals surface area contributed by atoms with Crippen molar-refractivity contribution in [2.45, 2.75) is 6.92 Å². The van der Waals surface area contributed by atoms with Crippen LogP contribution in [0, 0.1) is 6.92 Å². The Kier molecular flexibility index (Phi) is 3.14. The van der Waals surface area contributed by atoms with Crippen LogP contribution >= 0.6 is 0 Å². The summed E-state index contributed by atoms with van der Waals surface area (Å²) in [7, 11) is 1.64. The highest BCUT2D eigenvalue weighted by atomic mass is 16.5. The van der Waals surface area contributed by atoms with E-state index < -0.39 is 0 Å². The maximum atomic E-state index is 10.5. The van der Waals surface area contributed by atoms with Crippen LogP contribution in [0.25, 0.3) is 11.4 Å². The summed E-state index contributed by atoms with van der Waals surface area (Å²) in [6.45, 7) is 1.96. The molecule has 1 aromatic carbocycles. The van der Waals surface area contributed by atoms with Gasteiger partial charge in [-0.05, 0) is 30.7 Å². The van der Waals surface area contributed by atoms with Crippen molar-refractivity contribution in [1.82, 2.24) is 9.97 Å². The fourth-order valence-electron chi connectivity index (χ4n) is 1.57. The first-order valence-corrected chi connectivity index (χ1v) is 5.17. The van der Waals surface area contributed by atoms with Gasteiger partial charge in [0.1, 0.15) is 5.75 Å². The third kappa shape index (κ3) is 2.30. The molecule has 0 fully saturated rings. The lowest BCUT2D eigenvalue weighted by atomic mass is 10.1. The van der Waals surface area contributed by atoms with Gasteiger partial charge in [-0.3, -0.25) is 4.79 Å². The molecule has 0 atom stereocenters. The van der Waals surface area contributed by atoms with Crippen molar-refractivity contribution in [3.05, 3.63) is 41.7 Å². The molecule has 0 amide bonds. The normalized spacial score (nSPS) is 10.0. The minimum Gasteiger partial charge on any atom is -0.496 e. The van der Waals surface area contributed by atoms with E-state index in [1.54, 1.807) is 7.11 Å². The standard InChI is InChI=1S/C13H12N2O2/c1-9-5-11(3-4-12(9)17-2)13-14-6-10(8-16)7-15-13/h3-8H,1-2H3. The zero-order valence-corrected chi connectivity index (χ0v) is 9.68. The number of carbonyl (C=O) groups is 1. The predicted octanol–water partition coefficient (Wildman–Crippen LogP) is 2.27. The van der Waals surface area contributed by atoms with Crippen LogP contribution in [-0.2, 0) is 0 Å². The molecular weight excluding hydrogens is 216 g/mol. The molecule has 1 heterocycles. The van der Waals surface area contributed by atoms with Crippen molar-refractivity contribution in [2.24, 2.45) is 0 Å². The Morgan fingerprint density at radius 3 is 2.47 bits per heavy atom. The van der Waals surface area contributed by atoms with E-state index >= 15 is 0 Å². The monoisotopic (exact) mass is 228 g/mol. The summed E-state index contributed by atoms with van der Waals surface area (Å²) in [5.41, 5.74) is 2.40. The van der Waals surface area contributed by atoms with Gasteiger partial charge in [0, 0.05) is 18.0 Å². The molecular formula is C13H12N2O2. The minimum absolute atomic E-state index is 0.471. The smallest absolute Gasteiger partial charge is 0.159 e. The van der Waals surface area contributed by atoms with Crippen LogP contribution in [-0.4, -0.2) is 23.4 Å². The van der Waals surface area contributed by atoms with Crippen LogP contribution in [0.2, 0.25) is 0 Å². The van der Waals surface area contributed by atoms with Gasteiger partial charge in [0.2, 0.25) is 0 Å². The first-order chi connectivity index (χ1) is 8.24. The van der Waals surface area contributed by atoms with Crippen molar-refractivity contribution >= 4 is 6.29 Å². The molecule has 17 heavy (non-hydrogen) atoms. The minimum atomic E-state index is 0.471. The van der Waals surface area contributed by atoms with Crippen LogP contribution in [0.3, 0.4) is 0 Å². The van der Waals surface area contributed by atoms with E-state index in [0.29, 0.717) is 11.4 Å². The van der Waals surface area contributed by atoms with Crippen LogP contribution in [0.5, 0.6) is 5.75 Å². The molecule has 0 aliphatic rings. The molecule has 1 aromatic heterocycles. The molecule has 0 unspecified atom stereocenters. The lowest BCUT2D eigenvalue weighted by Crippen LogP contribution is -1.93. The topological polar surface area (TPSA) is 52.1 Å². The first kappa shape index (κ1) is 11.3. The largest absolute Gasteiger partial charge is 0.496 e. The number of methoxy groups -OCH3 is 1. The highest BCUT2D eigenvalue weighted by Gasteiger charge is 2.04. The van der Waals surface area contributed by atoms with Crippen LogP contribution in [0.4, 0.5) is 0 Å². The van der Waals surface area contributed by atoms with E-state index in [-0.39, 0.29) is 0 Å². The Hall–Kier alpha value is -2.23. The van der Waals surface area contributed by atoms with Gasteiger partial charge < -0.3 is 4.74 Å². The number of carbonyl (C=O) groups excluding carboxylic acids is 1. The molecule has 2 rings (SSSR count). The fourth-order valence-corrected chi connectivity index (χ4v) is 1.57. The predicted molar refractivity (Wildman–Crippen MR) is 64.1 cm³/mol. The number of ether oxygens (including phenoxy) is 1. The highest BCUT2D eigenvalue weighted by Crippen LogP contribution is 2.23. The summed E-state index contributed by atoms with van der Waals surface area (Å²) >= 11 is 0. The molecule has 0 saturated heterocycles. The molecule has 0 aliphatic heterocycles. The lowest BCUT2D eigenvalue weighted by molar-refractivity contribution is 0.112. The summed E-state index contributed by atoms with van der Waals surface area (Å²) in [5, 5.41) is 0. The molecule has 86 valence electrons. The molecule has 0 bridgehead atoms. The Bertz CT molecular complexity index is 536. The highest BCUT2D eigenvalue weighted by molar-refractivity contribution is 5.74. The van der Waals surface area contributed by atoms with Crippen molar-refractivity contribution in [3.8, 4) is 17.1 Å². The van der Waals surface area contributed by atoms with Crippen LogP contribution in [0.15, 0.2) is 30.6 Å².